The second-order valence-electron chi connectivity index (χ2n) is 5.76. The smallest absolute Gasteiger partial charge is 0.303 e. The fraction of sp³-hybridized carbons (Fsp3) is 0.438. The second-order valence-corrected chi connectivity index (χ2v) is 6.17. The van der Waals surface area contributed by atoms with E-state index >= 15 is 0 Å². The fourth-order valence-electron chi connectivity index (χ4n) is 2.66. The number of aliphatic carboxylic acids is 1. The Balaban J connectivity index is 1.99. The van der Waals surface area contributed by atoms with Gasteiger partial charge in [-0.15, -0.1) is 0 Å². The standard InChI is InChI=1S/C16H18ClFN2O4/c1-19(6-2-3-15(22)23)16(24)10-7-14(21)20(9-10)11-4-5-12(17)13(18)8-11/h4-5,8,10H,2-3,6-7,9H2,1H3,(H,22,23). The van der Waals surface area contributed by atoms with E-state index in [2.05, 4.69) is 0 Å². The number of halogens is 2. The molecule has 0 aromatic heterocycles. The van der Waals surface area contributed by atoms with E-state index in [1.807, 2.05) is 0 Å². The molecule has 1 saturated heterocycles. The summed E-state index contributed by atoms with van der Waals surface area (Å²) in [4.78, 5) is 37.8. The van der Waals surface area contributed by atoms with Gasteiger partial charge in [0.25, 0.3) is 0 Å². The van der Waals surface area contributed by atoms with Crippen molar-refractivity contribution in [2.45, 2.75) is 19.3 Å². The van der Waals surface area contributed by atoms with Gasteiger partial charge in [-0.25, -0.2) is 4.39 Å². The molecular weight excluding hydrogens is 339 g/mol. The topological polar surface area (TPSA) is 77.9 Å². The van der Waals surface area contributed by atoms with Crippen LogP contribution in [0, 0.1) is 11.7 Å². The highest BCUT2D eigenvalue weighted by Crippen LogP contribution is 2.28. The molecule has 1 aromatic rings. The lowest BCUT2D eigenvalue weighted by Gasteiger charge is -2.21. The first kappa shape index (κ1) is 18.2. The third-order valence-corrected chi connectivity index (χ3v) is 4.26. The summed E-state index contributed by atoms with van der Waals surface area (Å²) in [5, 5.41) is 8.59. The summed E-state index contributed by atoms with van der Waals surface area (Å²) < 4.78 is 13.6. The Morgan fingerprint density at radius 2 is 2.17 bits per heavy atom. The molecule has 1 aliphatic heterocycles. The molecule has 1 fully saturated rings. The largest absolute Gasteiger partial charge is 0.481 e. The molecular formula is C16H18ClFN2O4. The summed E-state index contributed by atoms with van der Waals surface area (Å²) in [7, 11) is 1.58. The predicted molar refractivity (Wildman–Crippen MR) is 86.4 cm³/mol. The van der Waals surface area contributed by atoms with Crippen LogP contribution >= 0.6 is 11.6 Å². The van der Waals surface area contributed by atoms with Crippen molar-refractivity contribution in [1.82, 2.24) is 4.90 Å². The number of amides is 2. The van der Waals surface area contributed by atoms with E-state index in [1.165, 1.54) is 28.0 Å². The van der Waals surface area contributed by atoms with Crippen molar-refractivity contribution in [1.29, 1.82) is 0 Å². The first-order chi connectivity index (χ1) is 11.3. The van der Waals surface area contributed by atoms with Crippen molar-refractivity contribution in [3.05, 3.63) is 29.0 Å². The number of carboxylic acids is 1. The molecule has 1 N–H and O–H groups in total. The van der Waals surface area contributed by atoms with Gasteiger partial charge in [0.15, 0.2) is 0 Å². The molecule has 6 nitrogen and oxygen atoms in total. The van der Waals surface area contributed by atoms with Crippen LogP contribution < -0.4 is 4.90 Å². The van der Waals surface area contributed by atoms with Crippen LogP contribution in [-0.2, 0) is 14.4 Å². The van der Waals surface area contributed by atoms with Crippen LogP contribution in [0.3, 0.4) is 0 Å². The van der Waals surface area contributed by atoms with Gasteiger partial charge in [-0.05, 0) is 24.6 Å². The predicted octanol–water partition coefficient (Wildman–Crippen LogP) is 2.16. The van der Waals surface area contributed by atoms with Crippen molar-refractivity contribution in [2.24, 2.45) is 5.92 Å². The zero-order chi connectivity index (χ0) is 17.9. The Hall–Kier alpha value is -2.15. The molecule has 1 aliphatic rings. The van der Waals surface area contributed by atoms with E-state index in [4.69, 9.17) is 16.7 Å². The molecule has 0 aliphatic carbocycles. The van der Waals surface area contributed by atoms with E-state index < -0.39 is 17.7 Å². The number of hydrogen-bond donors (Lipinski definition) is 1. The van der Waals surface area contributed by atoms with Crippen molar-refractivity contribution in [3.8, 4) is 0 Å². The van der Waals surface area contributed by atoms with Gasteiger partial charge in [-0.2, -0.15) is 0 Å². The third kappa shape index (κ3) is 4.23. The minimum atomic E-state index is -0.914. The first-order valence-corrected chi connectivity index (χ1v) is 7.89. The number of carbonyl (C=O) groups is 3. The second kappa shape index (κ2) is 7.61. The van der Waals surface area contributed by atoms with Crippen molar-refractivity contribution in [3.63, 3.8) is 0 Å². The van der Waals surface area contributed by atoms with Crippen LogP contribution in [-0.4, -0.2) is 47.9 Å². The van der Waals surface area contributed by atoms with Crippen LogP contribution in [0.1, 0.15) is 19.3 Å². The molecule has 0 bridgehead atoms. The van der Waals surface area contributed by atoms with Gasteiger partial charge in [-0.1, -0.05) is 11.6 Å². The Morgan fingerprint density at radius 3 is 2.79 bits per heavy atom. The van der Waals surface area contributed by atoms with Crippen LogP contribution in [0.25, 0.3) is 0 Å². The highest BCUT2D eigenvalue weighted by atomic mass is 35.5. The Bertz CT molecular complexity index is 667. The molecule has 2 amide bonds. The number of anilines is 1. The molecule has 0 radical (unpaired) electrons. The first-order valence-electron chi connectivity index (χ1n) is 7.51. The van der Waals surface area contributed by atoms with Crippen molar-refractivity contribution >= 4 is 35.1 Å². The van der Waals surface area contributed by atoms with Crippen LogP contribution in [0.5, 0.6) is 0 Å². The summed E-state index contributed by atoms with van der Waals surface area (Å²) in [5.41, 5.74) is 0.366. The zero-order valence-electron chi connectivity index (χ0n) is 13.2. The fourth-order valence-corrected chi connectivity index (χ4v) is 2.78. The maximum atomic E-state index is 13.6. The number of benzene rings is 1. The normalized spacial score (nSPS) is 17.2. The average Bonchev–Trinajstić information content (AvgIpc) is 2.90. The quantitative estimate of drug-likeness (QED) is 0.847. The summed E-state index contributed by atoms with van der Waals surface area (Å²) in [6.45, 7) is 0.480. The summed E-state index contributed by atoms with van der Waals surface area (Å²) in [6.07, 6.45) is 0.383. The van der Waals surface area contributed by atoms with E-state index in [-0.39, 0.29) is 36.2 Å². The van der Waals surface area contributed by atoms with Gasteiger partial charge in [0.05, 0.1) is 10.9 Å². The summed E-state index contributed by atoms with van der Waals surface area (Å²) >= 11 is 5.63. The molecule has 1 atom stereocenters. The van der Waals surface area contributed by atoms with E-state index in [0.29, 0.717) is 18.7 Å². The van der Waals surface area contributed by atoms with Crippen LogP contribution in [0.4, 0.5) is 10.1 Å². The average molecular weight is 357 g/mol. The number of carboxylic acid groups (broad SMARTS) is 1. The van der Waals surface area contributed by atoms with Gasteiger partial charge in [-0.3, -0.25) is 14.4 Å². The van der Waals surface area contributed by atoms with Crippen LogP contribution in [0.15, 0.2) is 18.2 Å². The highest BCUT2D eigenvalue weighted by Gasteiger charge is 2.36. The van der Waals surface area contributed by atoms with Gasteiger partial charge in [0, 0.05) is 38.7 Å². The molecule has 24 heavy (non-hydrogen) atoms. The number of hydrogen-bond acceptors (Lipinski definition) is 3. The monoisotopic (exact) mass is 356 g/mol. The third-order valence-electron chi connectivity index (χ3n) is 3.95. The maximum absolute atomic E-state index is 13.6. The summed E-state index contributed by atoms with van der Waals surface area (Å²) in [6, 6.07) is 4.07. The van der Waals surface area contributed by atoms with Gasteiger partial charge in [0.1, 0.15) is 5.82 Å². The minimum absolute atomic E-state index is 0.0165. The highest BCUT2D eigenvalue weighted by molar-refractivity contribution is 6.30. The molecule has 1 aromatic carbocycles. The Labute approximate surface area is 143 Å². The molecule has 8 heteroatoms. The lowest BCUT2D eigenvalue weighted by molar-refractivity contribution is -0.138. The van der Waals surface area contributed by atoms with Crippen LogP contribution in [0.2, 0.25) is 5.02 Å². The van der Waals surface area contributed by atoms with Crippen molar-refractivity contribution in [2.75, 3.05) is 25.0 Å². The number of nitrogens with zero attached hydrogens (tertiary/aromatic N) is 2. The van der Waals surface area contributed by atoms with Gasteiger partial charge in [0.2, 0.25) is 11.8 Å². The minimum Gasteiger partial charge on any atom is -0.481 e. The van der Waals surface area contributed by atoms with E-state index in [9.17, 15) is 18.8 Å². The zero-order valence-corrected chi connectivity index (χ0v) is 13.9. The van der Waals surface area contributed by atoms with E-state index in [0.717, 1.165) is 0 Å². The van der Waals surface area contributed by atoms with Gasteiger partial charge < -0.3 is 14.9 Å². The molecule has 1 unspecified atom stereocenters. The lowest BCUT2D eigenvalue weighted by Crippen LogP contribution is -2.35. The lowest BCUT2D eigenvalue weighted by atomic mass is 10.1. The maximum Gasteiger partial charge on any atom is 0.303 e. The number of carbonyl (C=O) groups excluding carboxylic acids is 2. The molecule has 2 rings (SSSR count). The molecule has 130 valence electrons. The Morgan fingerprint density at radius 1 is 1.46 bits per heavy atom. The number of rotatable bonds is 6. The SMILES string of the molecule is CN(CCCC(=O)O)C(=O)C1CC(=O)N(c2ccc(Cl)c(F)c2)C1. The molecule has 0 spiro atoms. The van der Waals surface area contributed by atoms with Gasteiger partial charge >= 0.3 is 5.97 Å². The molecule has 1 heterocycles. The Kier molecular flexibility index (Phi) is 5.77. The van der Waals surface area contributed by atoms with Crippen molar-refractivity contribution < 1.29 is 23.9 Å². The summed E-state index contributed by atoms with van der Waals surface area (Å²) in [5.74, 6) is -2.53. The molecule has 0 saturated carbocycles. The van der Waals surface area contributed by atoms with E-state index in [1.54, 1.807) is 7.05 Å².